The van der Waals surface area contributed by atoms with Crippen LogP contribution in [0.5, 0.6) is 0 Å². The van der Waals surface area contributed by atoms with Gasteiger partial charge in [0.25, 0.3) is 0 Å². The summed E-state index contributed by atoms with van der Waals surface area (Å²) in [6.45, 7) is 6.88. The quantitative estimate of drug-likeness (QED) is 0.891. The van der Waals surface area contributed by atoms with Gasteiger partial charge >= 0.3 is 0 Å². The molecule has 1 fully saturated rings. The Kier molecular flexibility index (Phi) is 3.81. The third-order valence-corrected chi connectivity index (χ3v) is 4.69. The van der Waals surface area contributed by atoms with Gasteiger partial charge in [0.15, 0.2) is 0 Å². The van der Waals surface area contributed by atoms with Crippen molar-refractivity contribution >= 4 is 0 Å². The number of rotatable bonds is 4. The zero-order valence-corrected chi connectivity index (χ0v) is 12.2. The fourth-order valence-corrected chi connectivity index (χ4v) is 3.47. The zero-order valence-electron chi connectivity index (χ0n) is 12.2. The molecule has 0 saturated heterocycles. The molecule has 2 atom stereocenters. The summed E-state index contributed by atoms with van der Waals surface area (Å²) >= 11 is 0. The van der Waals surface area contributed by atoms with Gasteiger partial charge in [-0.15, -0.1) is 0 Å². The van der Waals surface area contributed by atoms with Gasteiger partial charge in [-0.2, -0.15) is 5.10 Å². The van der Waals surface area contributed by atoms with Crippen molar-refractivity contribution in [1.82, 2.24) is 9.78 Å². The Hall–Kier alpha value is -0.830. The summed E-state index contributed by atoms with van der Waals surface area (Å²) in [5, 5.41) is 4.51. The van der Waals surface area contributed by atoms with E-state index in [1.54, 1.807) is 0 Å². The Balaban J connectivity index is 2.06. The van der Waals surface area contributed by atoms with Crippen LogP contribution in [0.2, 0.25) is 0 Å². The minimum atomic E-state index is 0.266. The first kappa shape index (κ1) is 13.6. The summed E-state index contributed by atoms with van der Waals surface area (Å²) in [4.78, 5) is 0. The number of aryl methyl sites for hydroxylation is 2. The molecule has 1 heterocycles. The average Bonchev–Trinajstić information content (AvgIpc) is 2.82. The molecule has 0 aromatic carbocycles. The molecule has 0 amide bonds. The fraction of sp³-hybridized carbons (Fsp3) is 0.800. The topological polar surface area (TPSA) is 43.8 Å². The summed E-state index contributed by atoms with van der Waals surface area (Å²) in [7, 11) is 2.03. The van der Waals surface area contributed by atoms with Gasteiger partial charge < -0.3 is 5.73 Å². The van der Waals surface area contributed by atoms with Crippen LogP contribution in [0.4, 0.5) is 0 Å². The molecule has 2 N–H and O–H groups in total. The third-order valence-electron chi connectivity index (χ3n) is 4.69. The van der Waals surface area contributed by atoms with E-state index in [1.807, 2.05) is 11.7 Å². The minimum Gasteiger partial charge on any atom is -0.327 e. The van der Waals surface area contributed by atoms with Crippen molar-refractivity contribution < 1.29 is 0 Å². The van der Waals surface area contributed by atoms with Gasteiger partial charge in [-0.1, -0.05) is 27.2 Å². The molecule has 2 unspecified atom stereocenters. The average molecular weight is 249 g/mol. The summed E-state index contributed by atoms with van der Waals surface area (Å²) in [6, 6.07) is 2.48. The highest BCUT2D eigenvalue weighted by molar-refractivity contribution is 5.12. The molecule has 0 aliphatic heterocycles. The van der Waals surface area contributed by atoms with Crippen LogP contribution in [-0.4, -0.2) is 15.8 Å². The fourth-order valence-electron chi connectivity index (χ4n) is 3.47. The Morgan fingerprint density at radius 1 is 1.56 bits per heavy atom. The lowest BCUT2D eigenvalue weighted by molar-refractivity contribution is 0.218. The second kappa shape index (κ2) is 5.04. The summed E-state index contributed by atoms with van der Waals surface area (Å²) in [5.74, 6) is 0.650. The standard InChI is InChI=1S/C15H27N3/c1-5-11-9-12(18(4)17-11)10-14(16)13-7-6-8-15(13,2)3/h9,13-14H,5-8,10,16H2,1-4H3. The predicted molar refractivity (Wildman–Crippen MR) is 75.4 cm³/mol. The number of hydrogen-bond donors (Lipinski definition) is 1. The summed E-state index contributed by atoms with van der Waals surface area (Å²) in [5.41, 5.74) is 9.32. The zero-order chi connectivity index (χ0) is 13.3. The Bertz CT molecular complexity index is 406. The highest BCUT2D eigenvalue weighted by Gasteiger charge is 2.38. The third kappa shape index (κ3) is 2.61. The maximum atomic E-state index is 6.47. The van der Waals surface area contributed by atoms with E-state index in [0.717, 1.165) is 12.8 Å². The van der Waals surface area contributed by atoms with Crippen LogP contribution in [0.25, 0.3) is 0 Å². The van der Waals surface area contributed by atoms with Crippen LogP contribution in [-0.2, 0) is 19.9 Å². The van der Waals surface area contributed by atoms with Crippen molar-refractivity contribution in [2.24, 2.45) is 24.1 Å². The van der Waals surface area contributed by atoms with E-state index in [9.17, 15) is 0 Å². The van der Waals surface area contributed by atoms with Gasteiger partial charge in [0.2, 0.25) is 0 Å². The van der Waals surface area contributed by atoms with Crippen molar-refractivity contribution in [2.45, 2.75) is 58.9 Å². The molecular weight excluding hydrogens is 222 g/mol. The summed E-state index contributed by atoms with van der Waals surface area (Å²) in [6.07, 6.45) is 5.89. The molecule has 1 aromatic rings. The van der Waals surface area contributed by atoms with E-state index in [4.69, 9.17) is 5.73 Å². The van der Waals surface area contributed by atoms with E-state index in [1.165, 1.54) is 30.7 Å². The van der Waals surface area contributed by atoms with Gasteiger partial charge in [-0.25, -0.2) is 0 Å². The van der Waals surface area contributed by atoms with E-state index in [2.05, 4.69) is 31.9 Å². The van der Waals surface area contributed by atoms with Gasteiger partial charge in [0.05, 0.1) is 5.69 Å². The first-order valence-corrected chi connectivity index (χ1v) is 7.21. The smallest absolute Gasteiger partial charge is 0.0624 e. The normalized spacial score (nSPS) is 24.4. The molecule has 0 spiro atoms. The predicted octanol–water partition coefficient (Wildman–Crippen LogP) is 2.68. The van der Waals surface area contributed by atoms with Crippen LogP contribution < -0.4 is 5.73 Å². The number of nitrogens with zero attached hydrogens (tertiary/aromatic N) is 2. The lowest BCUT2D eigenvalue weighted by Crippen LogP contribution is -2.38. The first-order chi connectivity index (χ1) is 8.44. The molecule has 1 aliphatic carbocycles. The van der Waals surface area contributed by atoms with Gasteiger partial charge in [0.1, 0.15) is 0 Å². The van der Waals surface area contributed by atoms with Crippen LogP contribution in [0.3, 0.4) is 0 Å². The number of hydrogen-bond acceptors (Lipinski definition) is 2. The molecule has 0 radical (unpaired) electrons. The maximum absolute atomic E-state index is 6.47. The van der Waals surface area contributed by atoms with Crippen molar-refractivity contribution in [3.05, 3.63) is 17.5 Å². The molecule has 3 heteroatoms. The Morgan fingerprint density at radius 3 is 2.78 bits per heavy atom. The molecule has 2 rings (SSSR count). The monoisotopic (exact) mass is 249 g/mol. The van der Waals surface area contributed by atoms with Crippen LogP contribution in [0.1, 0.15) is 51.4 Å². The van der Waals surface area contributed by atoms with Crippen LogP contribution in [0, 0.1) is 11.3 Å². The van der Waals surface area contributed by atoms with Crippen LogP contribution >= 0.6 is 0 Å². The lowest BCUT2D eigenvalue weighted by Gasteiger charge is -2.32. The Morgan fingerprint density at radius 2 is 2.28 bits per heavy atom. The van der Waals surface area contributed by atoms with Crippen molar-refractivity contribution in [1.29, 1.82) is 0 Å². The molecule has 18 heavy (non-hydrogen) atoms. The van der Waals surface area contributed by atoms with Crippen molar-refractivity contribution in [3.63, 3.8) is 0 Å². The largest absolute Gasteiger partial charge is 0.327 e. The molecule has 1 aromatic heterocycles. The molecule has 102 valence electrons. The molecule has 0 bridgehead atoms. The number of aromatic nitrogens is 2. The van der Waals surface area contributed by atoms with E-state index >= 15 is 0 Å². The second-order valence-corrected chi connectivity index (χ2v) is 6.46. The highest BCUT2D eigenvalue weighted by Crippen LogP contribution is 2.44. The lowest BCUT2D eigenvalue weighted by atomic mass is 9.76. The second-order valence-electron chi connectivity index (χ2n) is 6.46. The molecular formula is C15H27N3. The van der Waals surface area contributed by atoms with Gasteiger partial charge in [-0.05, 0) is 36.7 Å². The highest BCUT2D eigenvalue weighted by atomic mass is 15.3. The van der Waals surface area contributed by atoms with Gasteiger partial charge in [-0.3, -0.25) is 4.68 Å². The molecule has 1 saturated carbocycles. The van der Waals surface area contributed by atoms with Crippen LogP contribution in [0.15, 0.2) is 6.07 Å². The molecule has 3 nitrogen and oxygen atoms in total. The van der Waals surface area contributed by atoms with E-state index in [0.29, 0.717) is 11.3 Å². The van der Waals surface area contributed by atoms with E-state index < -0.39 is 0 Å². The SMILES string of the molecule is CCc1cc(CC(N)C2CCCC2(C)C)n(C)n1. The number of nitrogens with two attached hydrogens (primary N) is 1. The summed E-state index contributed by atoms with van der Waals surface area (Å²) < 4.78 is 2.00. The Labute approximate surface area is 111 Å². The first-order valence-electron chi connectivity index (χ1n) is 7.21. The van der Waals surface area contributed by atoms with Crippen molar-refractivity contribution in [3.8, 4) is 0 Å². The maximum Gasteiger partial charge on any atom is 0.0624 e. The van der Waals surface area contributed by atoms with Gasteiger partial charge in [0, 0.05) is 25.2 Å². The molecule has 1 aliphatic rings. The van der Waals surface area contributed by atoms with E-state index in [-0.39, 0.29) is 6.04 Å². The van der Waals surface area contributed by atoms with Crippen molar-refractivity contribution in [2.75, 3.05) is 0 Å². The minimum absolute atomic E-state index is 0.266.